The number of piperidine rings is 1. The standard InChI is InChI=1S/C12H19N3O/c1-9(13)10-2-5-14-12(8-10)15-6-3-11(16)4-7-15/h2,5,8-9,11,16H,3-4,6-7,13H2,1H3. The number of nitrogens with zero attached hydrogens (tertiary/aromatic N) is 2. The van der Waals surface area contributed by atoms with Gasteiger partial charge in [0.15, 0.2) is 0 Å². The van der Waals surface area contributed by atoms with Crippen LogP contribution in [0.25, 0.3) is 0 Å². The fourth-order valence-corrected chi connectivity index (χ4v) is 1.99. The molecule has 2 heterocycles. The topological polar surface area (TPSA) is 62.4 Å². The first-order valence-corrected chi connectivity index (χ1v) is 5.81. The zero-order valence-electron chi connectivity index (χ0n) is 9.63. The van der Waals surface area contributed by atoms with E-state index in [0.29, 0.717) is 0 Å². The number of pyridine rings is 1. The zero-order chi connectivity index (χ0) is 11.5. The molecule has 0 spiro atoms. The average molecular weight is 221 g/mol. The summed E-state index contributed by atoms with van der Waals surface area (Å²) in [6.45, 7) is 3.71. The van der Waals surface area contributed by atoms with E-state index in [1.807, 2.05) is 19.1 Å². The highest BCUT2D eigenvalue weighted by Crippen LogP contribution is 2.20. The maximum Gasteiger partial charge on any atom is 0.128 e. The molecule has 0 amide bonds. The molecule has 16 heavy (non-hydrogen) atoms. The second-order valence-electron chi connectivity index (χ2n) is 4.45. The molecular weight excluding hydrogens is 202 g/mol. The van der Waals surface area contributed by atoms with Crippen LogP contribution < -0.4 is 10.6 Å². The zero-order valence-corrected chi connectivity index (χ0v) is 9.63. The third-order valence-electron chi connectivity index (χ3n) is 3.08. The number of rotatable bonds is 2. The molecule has 0 bridgehead atoms. The lowest BCUT2D eigenvalue weighted by atomic mass is 10.1. The first-order chi connectivity index (χ1) is 7.66. The third-order valence-corrected chi connectivity index (χ3v) is 3.08. The van der Waals surface area contributed by atoms with Gasteiger partial charge in [0.25, 0.3) is 0 Å². The molecule has 1 atom stereocenters. The van der Waals surface area contributed by atoms with Gasteiger partial charge < -0.3 is 15.7 Å². The molecule has 4 nitrogen and oxygen atoms in total. The summed E-state index contributed by atoms with van der Waals surface area (Å²) < 4.78 is 0. The number of aliphatic hydroxyl groups excluding tert-OH is 1. The van der Waals surface area contributed by atoms with Gasteiger partial charge in [0, 0.05) is 25.3 Å². The summed E-state index contributed by atoms with van der Waals surface area (Å²) in [5.41, 5.74) is 6.96. The minimum absolute atomic E-state index is 0.0390. The van der Waals surface area contributed by atoms with Crippen LogP contribution >= 0.6 is 0 Å². The summed E-state index contributed by atoms with van der Waals surface area (Å²) in [6.07, 6.45) is 3.31. The van der Waals surface area contributed by atoms with Crippen molar-refractivity contribution in [2.45, 2.75) is 31.9 Å². The lowest BCUT2D eigenvalue weighted by Crippen LogP contribution is -2.36. The molecule has 4 heteroatoms. The average Bonchev–Trinajstić information content (AvgIpc) is 2.30. The first kappa shape index (κ1) is 11.4. The van der Waals surface area contributed by atoms with Gasteiger partial charge in [-0.2, -0.15) is 0 Å². The van der Waals surface area contributed by atoms with Crippen LogP contribution in [0.5, 0.6) is 0 Å². The Labute approximate surface area is 96.1 Å². The number of nitrogens with two attached hydrogens (primary N) is 1. The Morgan fingerprint density at radius 2 is 2.19 bits per heavy atom. The van der Waals surface area contributed by atoms with Crippen LogP contribution in [0.4, 0.5) is 5.82 Å². The van der Waals surface area contributed by atoms with Crippen LogP contribution in [0.2, 0.25) is 0 Å². The Bertz CT molecular complexity index is 346. The van der Waals surface area contributed by atoms with Crippen LogP contribution in [-0.2, 0) is 0 Å². The van der Waals surface area contributed by atoms with E-state index in [9.17, 15) is 5.11 Å². The van der Waals surface area contributed by atoms with Gasteiger partial charge in [-0.25, -0.2) is 4.98 Å². The summed E-state index contributed by atoms with van der Waals surface area (Å²) >= 11 is 0. The number of hydrogen-bond donors (Lipinski definition) is 2. The van der Waals surface area contributed by atoms with Crippen LogP contribution in [0.3, 0.4) is 0 Å². The minimum Gasteiger partial charge on any atom is -0.393 e. The van der Waals surface area contributed by atoms with Gasteiger partial charge in [0.05, 0.1) is 6.10 Å². The van der Waals surface area contributed by atoms with Crippen molar-refractivity contribution in [1.82, 2.24) is 4.98 Å². The maximum absolute atomic E-state index is 9.45. The number of aromatic nitrogens is 1. The van der Waals surface area contributed by atoms with Crippen molar-refractivity contribution in [2.75, 3.05) is 18.0 Å². The van der Waals surface area contributed by atoms with Gasteiger partial charge in [0.1, 0.15) is 5.82 Å². The predicted octanol–water partition coefficient (Wildman–Crippen LogP) is 1.06. The Kier molecular flexibility index (Phi) is 3.41. The Hall–Kier alpha value is -1.13. The van der Waals surface area contributed by atoms with E-state index in [4.69, 9.17) is 5.73 Å². The summed E-state index contributed by atoms with van der Waals surface area (Å²) in [5, 5.41) is 9.45. The van der Waals surface area contributed by atoms with Crippen molar-refractivity contribution in [3.05, 3.63) is 23.9 Å². The SMILES string of the molecule is CC(N)c1ccnc(N2CCC(O)CC2)c1. The molecular formula is C12H19N3O. The van der Waals surface area contributed by atoms with Crippen molar-refractivity contribution >= 4 is 5.82 Å². The molecule has 0 saturated carbocycles. The minimum atomic E-state index is -0.145. The molecule has 1 aliphatic rings. The Balaban J connectivity index is 2.11. The van der Waals surface area contributed by atoms with Gasteiger partial charge in [-0.3, -0.25) is 0 Å². The van der Waals surface area contributed by atoms with Gasteiger partial charge in [-0.15, -0.1) is 0 Å². The predicted molar refractivity (Wildman–Crippen MR) is 64.3 cm³/mol. The van der Waals surface area contributed by atoms with Gasteiger partial charge in [-0.1, -0.05) is 0 Å². The smallest absolute Gasteiger partial charge is 0.128 e. The van der Waals surface area contributed by atoms with Crippen LogP contribution in [0.1, 0.15) is 31.4 Å². The molecule has 1 unspecified atom stereocenters. The molecule has 0 radical (unpaired) electrons. The number of anilines is 1. The van der Waals surface area contributed by atoms with Crippen LogP contribution in [0.15, 0.2) is 18.3 Å². The molecule has 1 aromatic heterocycles. The molecule has 1 aliphatic heterocycles. The van der Waals surface area contributed by atoms with E-state index in [1.165, 1.54) is 0 Å². The fraction of sp³-hybridized carbons (Fsp3) is 0.583. The molecule has 1 saturated heterocycles. The largest absolute Gasteiger partial charge is 0.393 e. The number of aliphatic hydroxyl groups is 1. The lowest BCUT2D eigenvalue weighted by molar-refractivity contribution is 0.145. The first-order valence-electron chi connectivity index (χ1n) is 5.81. The molecule has 88 valence electrons. The highest BCUT2D eigenvalue weighted by Gasteiger charge is 2.18. The fourth-order valence-electron chi connectivity index (χ4n) is 1.99. The second kappa shape index (κ2) is 4.80. The van der Waals surface area contributed by atoms with Crippen molar-refractivity contribution in [2.24, 2.45) is 5.73 Å². The summed E-state index contributed by atoms with van der Waals surface area (Å²) in [7, 11) is 0. The van der Waals surface area contributed by atoms with Crippen molar-refractivity contribution in [3.63, 3.8) is 0 Å². The lowest BCUT2D eigenvalue weighted by Gasteiger charge is -2.30. The quantitative estimate of drug-likeness (QED) is 0.784. The molecule has 3 N–H and O–H groups in total. The summed E-state index contributed by atoms with van der Waals surface area (Å²) in [5.74, 6) is 0.974. The van der Waals surface area contributed by atoms with Crippen LogP contribution in [0, 0.1) is 0 Å². The summed E-state index contributed by atoms with van der Waals surface area (Å²) in [4.78, 5) is 6.57. The normalized spacial score (nSPS) is 19.8. The number of hydrogen-bond acceptors (Lipinski definition) is 4. The molecule has 0 aromatic carbocycles. The van der Waals surface area contributed by atoms with E-state index in [1.54, 1.807) is 6.20 Å². The molecule has 2 rings (SSSR count). The molecule has 0 aliphatic carbocycles. The summed E-state index contributed by atoms with van der Waals surface area (Å²) in [6, 6.07) is 4.03. The van der Waals surface area contributed by atoms with Crippen LogP contribution in [-0.4, -0.2) is 29.3 Å². The van der Waals surface area contributed by atoms with E-state index in [-0.39, 0.29) is 12.1 Å². The van der Waals surface area contributed by atoms with Crippen molar-refractivity contribution in [1.29, 1.82) is 0 Å². The molecule has 1 fully saturated rings. The van der Waals surface area contributed by atoms with E-state index >= 15 is 0 Å². The van der Waals surface area contributed by atoms with E-state index < -0.39 is 0 Å². The Morgan fingerprint density at radius 1 is 1.50 bits per heavy atom. The second-order valence-corrected chi connectivity index (χ2v) is 4.45. The van der Waals surface area contributed by atoms with Gasteiger partial charge in [-0.05, 0) is 37.5 Å². The van der Waals surface area contributed by atoms with Gasteiger partial charge >= 0.3 is 0 Å². The third kappa shape index (κ3) is 2.51. The monoisotopic (exact) mass is 221 g/mol. The van der Waals surface area contributed by atoms with Crippen molar-refractivity contribution < 1.29 is 5.11 Å². The van der Waals surface area contributed by atoms with E-state index in [2.05, 4.69) is 9.88 Å². The highest BCUT2D eigenvalue weighted by atomic mass is 16.3. The van der Waals surface area contributed by atoms with E-state index in [0.717, 1.165) is 37.3 Å². The molecule has 1 aromatic rings. The Morgan fingerprint density at radius 3 is 2.81 bits per heavy atom. The van der Waals surface area contributed by atoms with Crippen molar-refractivity contribution in [3.8, 4) is 0 Å². The highest BCUT2D eigenvalue weighted by molar-refractivity contribution is 5.42. The van der Waals surface area contributed by atoms with Gasteiger partial charge in [0.2, 0.25) is 0 Å². The maximum atomic E-state index is 9.45.